The smallest absolute Gasteiger partial charge is 0.255 e. The van der Waals surface area contributed by atoms with Gasteiger partial charge in [0.2, 0.25) is 17.7 Å². The van der Waals surface area contributed by atoms with Gasteiger partial charge in [-0.05, 0) is 62.0 Å². The fraction of sp³-hybridized carbons (Fsp3) is 0.615. The number of amides is 4. The molecule has 1 aromatic rings. The molecule has 2 fully saturated rings. The number of benzene rings is 1. The van der Waals surface area contributed by atoms with Gasteiger partial charge in [0.25, 0.3) is 5.91 Å². The minimum Gasteiger partial charge on any atom is -0.343 e. The van der Waals surface area contributed by atoms with Gasteiger partial charge in [-0.15, -0.1) is 11.8 Å². The number of thioether (sulfide) groups is 1. The number of carbonyl (C=O) groups is 4. The van der Waals surface area contributed by atoms with Gasteiger partial charge < -0.3 is 9.80 Å². The van der Waals surface area contributed by atoms with Gasteiger partial charge in [0.15, 0.2) is 0 Å². The molecule has 0 radical (unpaired) electrons. The van der Waals surface area contributed by atoms with Crippen LogP contribution in [0.5, 0.6) is 0 Å². The van der Waals surface area contributed by atoms with E-state index in [1.165, 1.54) is 6.42 Å². The van der Waals surface area contributed by atoms with Gasteiger partial charge in [-0.1, -0.05) is 25.3 Å². The summed E-state index contributed by atoms with van der Waals surface area (Å²) in [4.78, 5) is 53.6. The van der Waals surface area contributed by atoms with E-state index in [1.807, 2.05) is 17.0 Å². The number of carbonyl (C=O) groups excluding carboxylic acids is 4. The Balaban J connectivity index is 1.16. The van der Waals surface area contributed by atoms with Crippen molar-refractivity contribution in [3.8, 4) is 0 Å². The van der Waals surface area contributed by atoms with Gasteiger partial charge in [0.05, 0.1) is 0 Å². The maximum Gasteiger partial charge on any atom is 0.255 e. The van der Waals surface area contributed by atoms with Gasteiger partial charge in [-0.3, -0.25) is 24.5 Å². The molecule has 184 valence electrons. The molecule has 7 nitrogen and oxygen atoms in total. The predicted octanol–water partition coefficient (Wildman–Crippen LogP) is 3.89. The van der Waals surface area contributed by atoms with Crippen LogP contribution in [0.3, 0.4) is 0 Å². The molecule has 3 aliphatic rings. The first kappa shape index (κ1) is 24.8. The van der Waals surface area contributed by atoms with Crippen molar-refractivity contribution in [1.29, 1.82) is 0 Å². The van der Waals surface area contributed by atoms with Crippen molar-refractivity contribution in [2.24, 2.45) is 0 Å². The molecule has 1 aromatic carbocycles. The minimum atomic E-state index is -0.572. The third kappa shape index (κ3) is 6.01. The van der Waals surface area contributed by atoms with E-state index >= 15 is 0 Å². The lowest BCUT2D eigenvalue weighted by Crippen LogP contribution is -2.52. The lowest BCUT2D eigenvalue weighted by molar-refractivity contribution is -0.137. The first-order valence-corrected chi connectivity index (χ1v) is 13.7. The van der Waals surface area contributed by atoms with Gasteiger partial charge in [0, 0.05) is 42.9 Å². The molecule has 1 N–H and O–H groups in total. The Labute approximate surface area is 206 Å². The van der Waals surface area contributed by atoms with Crippen LogP contribution in [0.1, 0.15) is 86.6 Å². The number of hydrogen-bond donors (Lipinski definition) is 1. The van der Waals surface area contributed by atoms with Crippen molar-refractivity contribution in [2.45, 2.75) is 88.1 Å². The number of hydrogen-bond acceptors (Lipinski definition) is 5. The molecule has 0 saturated carbocycles. The monoisotopic (exact) mass is 485 g/mol. The first-order valence-electron chi connectivity index (χ1n) is 12.7. The topological polar surface area (TPSA) is 86.8 Å². The molecule has 0 aliphatic carbocycles. The molecule has 8 heteroatoms. The van der Waals surface area contributed by atoms with Crippen LogP contribution in [-0.2, 0) is 20.9 Å². The third-order valence-electron chi connectivity index (χ3n) is 7.04. The summed E-state index contributed by atoms with van der Waals surface area (Å²) in [7, 11) is 0. The Kier molecular flexibility index (Phi) is 8.64. The number of imide groups is 1. The van der Waals surface area contributed by atoms with Crippen molar-refractivity contribution >= 4 is 35.4 Å². The summed E-state index contributed by atoms with van der Waals surface area (Å²) in [6.07, 6.45) is 10.3. The molecular formula is C26H35N3O4S. The van der Waals surface area contributed by atoms with Crippen molar-refractivity contribution < 1.29 is 19.2 Å². The minimum absolute atomic E-state index is 0.119. The maximum atomic E-state index is 12.9. The Hall–Kier alpha value is -2.35. The van der Waals surface area contributed by atoms with Gasteiger partial charge in [-0.25, -0.2) is 0 Å². The van der Waals surface area contributed by atoms with Crippen molar-refractivity contribution in [3.63, 3.8) is 0 Å². The van der Waals surface area contributed by atoms with Crippen LogP contribution in [0, 0.1) is 0 Å². The molecule has 4 rings (SSSR count). The molecule has 0 bridgehead atoms. The normalized spacial score (nSPS) is 20.5. The van der Waals surface area contributed by atoms with Crippen LogP contribution < -0.4 is 5.32 Å². The summed E-state index contributed by atoms with van der Waals surface area (Å²) >= 11 is 1.77. The van der Waals surface area contributed by atoms with E-state index in [0.29, 0.717) is 30.9 Å². The zero-order valence-electron chi connectivity index (χ0n) is 19.9. The molecule has 1 unspecified atom stereocenters. The summed E-state index contributed by atoms with van der Waals surface area (Å²) in [5.41, 5.74) is 1.67. The molecule has 1 atom stereocenters. The Morgan fingerprint density at radius 3 is 2.56 bits per heavy atom. The summed E-state index contributed by atoms with van der Waals surface area (Å²) in [5.74, 6) is 0.551. The van der Waals surface area contributed by atoms with E-state index in [4.69, 9.17) is 0 Å². The van der Waals surface area contributed by atoms with E-state index in [2.05, 4.69) is 11.4 Å². The first-order chi connectivity index (χ1) is 16.5. The SMILES string of the molecule is O=C1CCC(N2Cc3c(SCCCCCCCC(=O)N4CCCCC4)cccc3C2=O)C(=O)N1. The fourth-order valence-corrected chi connectivity index (χ4v) is 6.18. The second-order valence-corrected chi connectivity index (χ2v) is 10.6. The van der Waals surface area contributed by atoms with Crippen LogP contribution in [0.25, 0.3) is 0 Å². The summed E-state index contributed by atoms with van der Waals surface area (Å²) < 4.78 is 0. The van der Waals surface area contributed by atoms with Crippen LogP contribution in [0.15, 0.2) is 23.1 Å². The maximum absolute atomic E-state index is 12.9. The molecule has 0 aromatic heterocycles. The number of rotatable bonds is 10. The number of piperidine rings is 2. The highest BCUT2D eigenvalue weighted by Crippen LogP contribution is 2.34. The van der Waals surface area contributed by atoms with E-state index in [9.17, 15) is 19.2 Å². The van der Waals surface area contributed by atoms with Gasteiger partial charge >= 0.3 is 0 Å². The molecular weight excluding hydrogens is 450 g/mol. The highest BCUT2D eigenvalue weighted by molar-refractivity contribution is 7.99. The Bertz CT molecular complexity index is 929. The van der Waals surface area contributed by atoms with E-state index < -0.39 is 6.04 Å². The zero-order valence-corrected chi connectivity index (χ0v) is 20.7. The molecule has 3 aliphatic heterocycles. The number of unbranched alkanes of at least 4 members (excludes halogenated alkanes) is 4. The highest BCUT2D eigenvalue weighted by atomic mass is 32.2. The molecule has 4 amide bonds. The van der Waals surface area contributed by atoms with Gasteiger partial charge in [-0.2, -0.15) is 0 Å². The van der Waals surface area contributed by atoms with Crippen LogP contribution in [0.4, 0.5) is 0 Å². The molecule has 34 heavy (non-hydrogen) atoms. The standard InChI is InChI=1S/C26H35N3O4S/c30-23-14-13-21(25(32)27-23)29-18-20-19(26(29)33)10-9-11-22(20)34-17-8-3-1-2-5-12-24(31)28-15-6-4-7-16-28/h9-11,21H,1-8,12-18H2,(H,27,30,32). The zero-order chi connectivity index (χ0) is 23.9. The Morgan fingerprint density at radius 2 is 1.76 bits per heavy atom. The van der Waals surface area contributed by atoms with Gasteiger partial charge in [0.1, 0.15) is 6.04 Å². The Morgan fingerprint density at radius 1 is 1.00 bits per heavy atom. The number of nitrogens with zero attached hydrogens (tertiary/aromatic N) is 2. The molecule has 3 heterocycles. The van der Waals surface area contributed by atoms with Crippen molar-refractivity contribution in [2.75, 3.05) is 18.8 Å². The highest BCUT2D eigenvalue weighted by Gasteiger charge is 2.39. The van der Waals surface area contributed by atoms with E-state index in [0.717, 1.165) is 74.2 Å². The average Bonchev–Trinajstić information content (AvgIpc) is 3.18. The van der Waals surface area contributed by atoms with E-state index in [1.54, 1.807) is 16.7 Å². The fourth-order valence-electron chi connectivity index (χ4n) is 5.08. The van der Waals surface area contributed by atoms with Crippen molar-refractivity contribution in [3.05, 3.63) is 29.3 Å². The largest absolute Gasteiger partial charge is 0.343 e. The second kappa shape index (κ2) is 11.9. The molecule has 0 spiro atoms. The second-order valence-electron chi connectivity index (χ2n) is 9.49. The van der Waals surface area contributed by atoms with Crippen molar-refractivity contribution in [1.82, 2.24) is 15.1 Å². The number of nitrogens with one attached hydrogen (secondary N) is 1. The predicted molar refractivity (Wildman–Crippen MR) is 131 cm³/mol. The number of fused-ring (bicyclic) bond motifs is 1. The lowest BCUT2D eigenvalue weighted by Gasteiger charge is -2.29. The van der Waals surface area contributed by atoms with Crippen LogP contribution in [0.2, 0.25) is 0 Å². The summed E-state index contributed by atoms with van der Waals surface area (Å²) in [6, 6.07) is 5.22. The van der Waals surface area contributed by atoms with Crippen LogP contribution in [-0.4, -0.2) is 58.3 Å². The summed E-state index contributed by atoms with van der Waals surface area (Å²) in [5, 5.41) is 2.36. The lowest BCUT2D eigenvalue weighted by atomic mass is 10.0. The third-order valence-corrected chi connectivity index (χ3v) is 8.23. The average molecular weight is 486 g/mol. The quantitative estimate of drug-likeness (QED) is 0.309. The summed E-state index contributed by atoms with van der Waals surface area (Å²) in [6.45, 7) is 2.31. The molecule has 2 saturated heterocycles. The number of likely N-dealkylation sites (tertiary alicyclic amines) is 1. The van der Waals surface area contributed by atoms with Crippen LogP contribution >= 0.6 is 11.8 Å². The van der Waals surface area contributed by atoms with E-state index in [-0.39, 0.29) is 24.1 Å².